The molecule has 2 amide bonds. The second kappa shape index (κ2) is 10.2. The van der Waals surface area contributed by atoms with Crippen LogP contribution in [0.15, 0.2) is 54.6 Å². The molecular weight excluding hydrogens is 532 g/mol. The van der Waals surface area contributed by atoms with Crippen LogP contribution >= 0.6 is 22.9 Å². The van der Waals surface area contributed by atoms with Crippen LogP contribution in [0.25, 0.3) is 0 Å². The molecule has 3 atom stereocenters. The number of carbonyl (C=O) groups is 4. The normalized spacial score (nSPS) is 20.6. The van der Waals surface area contributed by atoms with Crippen LogP contribution in [0.3, 0.4) is 0 Å². The maximum absolute atomic E-state index is 14.0. The minimum Gasteiger partial charge on any atom is -0.465 e. The summed E-state index contributed by atoms with van der Waals surface area (Å²) in [5, 5.41) is 1.94. The zero-order valence-electron chi connectivity index (χ0n) is 20.7. The van der Waals surface area contributed by atoms with Gasteiger partial charge in [-0.15, -0.1) is 11.3 Å². The van der Waals surface area contributed by atoms with Crippen molar-refractivity contribution in [2.45, 2.75) is 26.0 Å². The number of hydroxylamine groups is 1. The summed E-state index contributed by atoms with van der Waals surface area (Å²) >= 11 is 7.39. The van der Waals surface area contributed by atoms with E-state index >= 15 is 0 Å². The van der Waals surface area contributed by atoms with Gasteiger partial charge in [0.05, 0.1) is 31.0 Å². The molecule has 2 saturated heterocycles. The minimum absolute atomic E-state index is 0.00503. The Bertz CT molecular complexity index is 1440. The highest BCUT2D eigenvalue weighted by Gasteiger charge is 2.61. The largest absolute Gasteiger partial charge is 0.465 e. The molecule has 0 bridgehead atoms. The summed E-state index contributed by atoms with van der Waals surface area (Å²) in [6.07, 6.45) is -1.18. The summed E-state index contributed by atoms with van der Waals surface area (Å²) in [7, 11) is 1.18. The van der Waals surface area contributed by atoms with Gasteiger partial charge in [0.2, 0.25) is 5.91 Å². The number of esters is 2. The van der Waals surface area contributed by atoms with Gasteiger partial charge in [0.15, 0.2) is 6.10 Å². The van der Waals surface area contributed by atoms with Crippen LogP contribution in [-0.4, -0.2) is 43.6 Å². The summed E-state index contributed by atoms with van der Waals surface area (Å²) in [6.45, 7) is 3.32. The van der Waals surface area contributed by atoms with Crippen molar-refractivity contribution in [2.24, 2.45) is 5.92 Å². The Morgan fingerprint density at radius 2 is 1.71 bits per heavy atom. The lowest BCUT2D eigenvalue weighted by Crippen LogP contribution is -2.37. The van der Waals surface area contributed by atoms with Gasteiger partial charge in [0.1, 0.15) is 15.8 Å². The van der Waals surface area contributed by atoms with Gasteiger partial charge in [-0.05, 0) is 43.2 Å². The first-order chi connectivity index (χ1) is 18.3. The topological polar surface area (TPSA) is 102 Å². The van der Waals surface area contributed by atoms with E-state index in [-0.39, 0.29) is 27.6 Å². The number of fused-ring (bicyclic) bond motifs is 1. The van der Waals surface area contributed by atoms with Crippen LogP contribution in [0.1, 0.15) is 44.1 Å². The Balaban J connectivity index is 1.62. The first-order valence-electron chi connectivity index (χ1n) is 11.8. The highest BCUT2D eigenvalue weighted by molar-refractivity contribution is 7.19. The second-order valence-corrected chi connectivity index (χ2v) is 10.0. The van der Waals surface area contributed by atoms with Crippen LogP contribution in [-0.2, 0) is 23.9 Å². The van der Waals surface area contributed by atoms with E-state index in [1.54, 1.807) is 50.2 Å². The Labute approximate surface area is 227 Å². The predicted octanol–water partition coefficient (Wildman–Crippen LogP) is 4.72. The molecule has 5 rings (SSSR count). The maximum atomic E-state index is 14.0. The molecule has 2 fully saturated rings. The fourth-order valence-electron chi connectivity index (χ4n) is 4.83. The van der Waals surface area contributed by atoms with Crippen LogP contribution < -0.4 is 9.96 Å². The number of hydrogen-bond donors (Lipinski definition) is 0. The van der Waals surface area contributed by atoms with Crippen molar-refractivity contribution in [1.82, 2.24) is 0 Å². The van der Waals surface area contributed by atoms with Crippen molar-refractivity contribution >= 4 is 57.4 Å². The molecule has 2 aromatic carbocycles. The fourth-order valence-corrected chi connectivity index (χ4v) is 6.28. The number of amides is 2. The molecule has 196 valence electrons. The van der Waals surface area contributed by atoms with Gasteiger partial charge in [0, 0.05) is 5.02 Å². The smallest absolute Gasteiger partial charge is 0.348 e. The molecule has 0 unspecified atom stereocenters. The van der Waals surface area contributed by atoms with Crippen LogP contribution in [0.5, 0.6) is 0 Å². The second-order valence-electron chi connectivity index (χ2n) is 8.64. The van der Waals surface area contributed by atoms with E-state index in [0.29, 0.717) is 16.3 Å². The van der Waals surface area contributed by atoms with Crippen LogP contribution in [0, 0.1) is 12.8 Å². The van der Waals surface area contributed by atoms with Gasteiger partial charge in [-0.25, -0.2) is 19.6 Å². The molecule has 9 nitrogen and oxygen atoms in total. The number of halogens is 1. The highest BCUT2D eigenvalue weighted by atomic mass is 35.5. The molecule has 0 spiro atoms. The van der Waals surface area contributed by atoms with Gasteiger partial charge in [-0.1, -0.05) is 48.0 Å². The SMILES string of the molecule is CCOC(=O)c1sc(N2C(=O)[C@H]3[C@@H](ON(c4ccccc4)[C@H]3c3ccccc3Cl)C2=O)c(C(=O)OC)c1C. The molecule has 0 aliphatic carbocycles. The molecule has 0 N–H and O–H groups in total. The van der Waals surface area contributed by atoms with Crippen molar-refractivity contribution in [2.75, 3.05) is 23.7 Å². The standard InChI is InChI=1S/C27H23ClN2O7S/c1-4-36-27(34)22-14(2)18(26(33)35-3)25(38-22)29-23(31)19-20(16-12-8-9-13-17(16)28)30(37-21(19)24(29)32)15-10-6-5-7-11-15/h5-13,19-21H,4H2,1-3H3/t19-,20+,21-/m1/s1. The van der Waals surface area contributed by atoms with E-state index in [2.05, 4.69) is 0 Å². The van der Waals surface area contributed by atoms with E-state index in [9.17, 15) is 19.2 Å². The zero-order valence-corrected chi connectivity index (χ0v) is 22.2. The average molecular weight is 555 g/mol. The first-order valence-corrected chi connectivity index (χ1v) is 13.0. The van der Waals surface area contributed by atoms with Crippen molar-refractivity contribution in [1.29, 1.82) is 0 Å². The maximum Gasteiger partial charge on any atom is 0.348 e. The highest BCUT2D eigenvalue weighted by Crippen LogP contribution is 2.50. The number of para-hydroxylation sites is 1. The average Bonchev–Trinajstić information content (AvgIpc) is 3.54. The third-order valence-electron chi connectivity index (χ3n) is 6.53. The molecule has 3 aromatic rings. The van der Waals surface area contributed by atoms with Gasteiger partial charge >= 0.3 is 11.9 Å². The van der Waals surface area contributed by atoms with Crippen molar-refractivity contribution in [3.8, 4) is 0 Å². The van der Waals surface area contributed by atoms with E-state index in [1.165, 1.54) is 12.2 Å². The van der Waals surface area contributed by atoms with Gasteiger partial charge in [0.25, 0.3) is 5.91 Å². The van der Waals surface area contributed by atoms with Crippen molar-refractivity contribution in [3.63, 3.8) is 0 Å². The Morgan fingerprint density at radius 1 is 1.03 bits per heavy atom. The number of carbonyl (C=O) groups excluding carboxylic acids is 4. The molecule has 38 heavy (non-hydrogen) atoms. The number of imide groups is 1. The lowest BCUT2D eigenvalue weighted by atomic mass is 9.90. The number of rotatable bonds is 6. The quantitative estimate of drug-likeness (QED) is 0.318. The van der Waals surface area contributed by atoms with E-state index in [1.807, 2.05) is 18.2 Å². The number of ether oxygens (including phenoxy) is 2. The summed E-state index contributed by atoms with van der Waals surface area (Å²) in [5.74, 6) is -3.65. The monoisotopic (exact) mass is 554 g/mol. The number of nitrogens with zero attached hydrogens (tertiary/aromatic N) is 2. The first kappa shape index (κ1) is 25.9. The molecule has 2 aliphatic rings. The molecule has 2 aliphatic heterocycles. The molecular formula is C27H23ClN2O7S. The Kier molecular flexibility index (Phi) is 6.95. The summed E-state index contributed by atoms with van der Waals surface area (Å²) < 4.78 is 10.0. The van der Waals surface area contributed by atoms with Crippen LogP contribution in [0.2, 0.25) is 5.02 Å². The molecule has 1 aromatic heterocycles. The Hall–Kier alpha value is -3.73. The lowest BCUT2D eigenvalue weighted by Gasteiger charge is -2.29. The fraction of sp³-hybridized carbons (Fsp3) is 0.259. The lowest BCUT2D eigenvalue weighted by molar-refractivity contribution is -0.126. The Morgan fingerprint density at radius 3 is 2.37 bits per heavy atom. The molecule has 0 saturated carbocycles. The molecule has 3 heterocycles. The predicted molar refractivity (Wildman–Crippen MR) is 140 cm³/mol. The number of benzene rings is 2. The number of anilines is 2. The van der Waals surface area contributed by atoms with Gasteiger partial charge in [-0.2, -0.15) is 0 Å². The van der Waals surface area contributed by atoms with Gasteiger partial charge < -0.3 is 9.47 Å². The summed E-state index contributed by atoms with van der Waals surface area (Å²) in [6, 6.07) is 15.4. The number of thiophene rings is 1. The van der Waals surface area contributed by atoms with Gasteiger partial charge in [-0.3, -0.25) is 14.4 Å². The van der Waals surface area contributed by atoms with Crippen molar-refractivity contribution in [3.05, 3.63) is 81.2 Å². The number of methoxy groups -OCH3 is 1. The van der Waals surface area contributed by atoms with E-state index < -0.39 is 41.8 Å². The summed E-state index contributed by atoms with van der Waals surface area (Å²) in [5.41, 5.74) is 1.47. The number of hydrogen-bond acceptors (Lipinski definition) is 9. The molecule has 0 radical (unpaired) electrons. The van der Waals surface area contributed by atoms with E-state index in [4.69, 9.17) is 25.9 Å². The van der Waals surface area contributed by atoms with E-state index in [0.717, 1.165) is 16.2 Å². The zero-order chi connectivity index (χ0) is 27.1. The third-order valence-corrected chi connectivity index (χ3v) is 8.13. The van der Waals surface area contributed by atoms with Crippen LogP contribution in [0.4, 0.5) is 10.7 Å². The van der Waals surface area contributed by atoms with Crippen molar-refractivity contribution < 1.29 is 33.5 Å². The third kappa shape index (κ3) is 4.05. The summed E-state index contributed by atoms with van der Waals surface area (Å²) in [4.78, 5) is 60.3. The molecule has 11 heteroatoms. The minimum atomic E-state index is -1.18.